The van der Waals surface area contributed by atoms with Crippen molar-refractivity contribution in [2.75, 3.05) is 5.32 Å². The van der Waals surface area contributed by atoms with Crippen molar-refractivity contribution in [3.05, 3.63) is 108 Å². The molecule has 1 N–H and O–H groups in total. The van der Waals surface area contributed by atoms with Crippen LogP contribution >= 0.6 is 0 Å². The van der Waals surface area contributed by atoms with Gasteiger partial charge < -0.3 is 10.1 Å². The first-order valence-electron chi connectivity index (χ1n) is 9.24. The topological polar surface area (TPSA) is 68.3 Å². The van der Waals surface area contributed by atoms with Gasteiger partial charge in [0.1, 0.15) is 5.69 Å². The molecule has 1 aliphatic heterocycles. The summed E-state index contributed by atoms with van der Waals surface area (Å²) >= 11 is 0. The predicted octanol–water partition coefficient (Wildman–Crippen LogP) is 4.29. The number of hydrogen-bond donors (Lipinski definition) is 1. The van der Waals surface area contributed by atoms with Gasteiger partial charge in [-0.3, -0.25) is 9.78 Å². The average Bonchev–Trinajstić information content (AvgIpc) is 3.06. The van der Waals surface area contributed by atoms with Crippen molar-refractivity contribution in [2.45, 2.75) is 5.60 Å². The first-order chi connectivity index (χ1) is 14.2. The molecule has 0 unspecified atom stereocenters. The third kappa shape index (κ3) is 2.59. The van der Waals surface area contributed by atoms with Crippen LogP contribution in [0.4, 0.5) is 5.69 Å². The summed E-state index contributed by atoms with van der Waals surface area (Å²) < 4.78 is 6.00. The summed E-state index contributed by atoms with van der Waals surface area (Å²) in [5.74, 6) is -1.03. The number of fused-ring (bicyclic) bond motifs is 2. The standard InChI is InChI=1S/C24H16N2O3/c27-22(17-9-2-1-3-10-17)29-24(19-12-6-7-13-20(19)26-23(24)28)21-18-11-5-4-8-16(18)14-15-25-21/h1-15H,(H,26,28)/t24-/m1/s1. The maximum absolute atomic E-state index is 13.3. The number of nitrogens with one attached hydrogen (secondary N) is 1. The fourth-order valence-electron chi connectivity index (χ4n) is 3.79. The van der Waals surface area contributed by atoms with Crippen LogP contribution in [-0.2, 0) is 15.1 Å². The Hall–Kier alpha value is -3.99. The monoisotopic (exact) mass is 380 g/mol. The Labute approximate surface area is 167 Å². The first kappa shape index (κ1) is 17.1. The predicted molar refractivity (Wildman–Crippen MR) is 109 cm³/mol. The summed E-state index contributed by atoms with van der Waals surface area (Å²) in [6.45, 7) is 0. The van der Waals surface area contributed by atoms with Gasteiger partial charge in [0.15, 0.2) is 0 Å². The molecule has 0 fully saturated rings. The normalized spacial score (nSPS) is 17.6. The van der Waals surface area contributed by atoms with E-state index >= 15 is 0 Å². The van der Waals surface area contributed by atoms with Crippen molar-refractivity contribution in [1.82, 2.24) is 4.98 Å². The van der Waals surface area contributed by atoms with Gasteiger partial charge in [-0.15, -0.1) is 0 Å². The van der Waals surface area contributed by atoms with E-state index < -0.39 is 17.5 Å². The van der Waals surface area contributed by atoms with Crippen molar-refractivity contribution in [2.24, 2.45) is 0 Å². The van der Waals surface area contributed by atoms with Crippen LogP contribution in [0.15, 0.2) is 91.1 Å². The molecule has 1 aromatic heterocycles. The molecule has 5 nitrogen and oxygen atoms in total. The number of esters is 1. The molecular weight excluding hydrogens is 364 g/mol. The summed E-state index contributed by atoms with van der Waals surface area (Å²) in [5, 5.41) is 4.51. The lowest BCUT2D eigenvalue weighted by Crippen LogP contribution is -2.41. The van der Waals surface area contributed by atoms with E-state index in [2.05, 4.69) is 10.3 Å². The first-order valence-corrected chi connectivity index (χ1v) is 9.24. The van der Waals surface area contributed by atoms with E-state index in [-0.39, 0.29) is 0 Å². The number of ether oxygens (including phenoxy) is 1. The Morgan fingerprint density at radius 1 is 0.862 bits per heavy atom. The highest BCUT2D eigenvalue weighted by atomic mass is 16.6. The van der Waals surface area contributed by atoms with Crippen molar-refractivity contribution < 1.29 is 14.3 Å². The molecule has 0 saturated carbocycles. The molecule has 5 rings (SSSR count). The minimum atomic E-state index is -1.68. The van der Waals surface area contributed by atoms with Gasteiger partial charge in [0.2, 0.25) is 0 Å². The van der Waals surface area contributed by atoms with Gasteiger partial charge >= 0.3 is 5.97 Å². The molecule has 4 aromatic rings. The quantitative estimate of drug-likeness (QED) is 0.539. The molecule has 1 atom stereocenters. The minimum absolute atomic E-state index is 0.365. The number of benzene rings is 3. The Balaban J connectivity index is 1.77. The van der Waals surface area contributed by atoms with Gasteiger partial charge in [-0.1, -0.05) is 60.7 Å². The lowest BCUT2D eigenvalue weighted by molar-refractivity contribution is -0.131. The Kier molecular flexibility index (Phi) is 3.88. The Morgan fingerprint density at radius 3 is 2.45 bits per heavy atom. The van der Waals surface area contributed by atoms with E-state index in [4.69, 9.17) is 4.74 Å². The molecule has 5 heteroatoms. The zero-order valence-electron chi connectivity index (χ0n) is 15.3. The molecule has 2 heterocycles. The maximum atomic E-state index is 13.3. The summed E-state index contributed by atoms with van der Waals surface area (Å²) in [6, 6.07) is 25.3. The minimum Gasteiger partial charge on any atom is -0.433 e. The number of rotatable bonds is 3. The molecule has 0 aliphatic carbocycles. The Morgan fingerprint density at radius 2 is 1.59 bits per heavy atom. The van der Waals surface area contributed by atoms with E-state index in [1.807, 2.05) is 48.5 Å². The number of pyridine rings is 1. The largest absolute Gasteiger partial charge is 0.433 e. The molecule has 140 valence electrons. The van der Waals surface area contributed by atoms with Crippen LogP contribution in [0.2, 0.25) is 0 Å². The van der Waals surface area contributed by atoms with Crippen LogP contribution in [0.5, 0.6) is 0 Å². The molecule has 0 radical (unpaired) electrons. The molecule has 3 aromatic carbocycles. The van der Waals surface area contributed by atoms with Crippen molar-refractivity contribution in [3.8, 4) is 0 Å². The van der Waals surface area contributed by atoms with Crippen LogP contribution in [0.25, 0.3) is 10.8 Å². The number of carbonyl (C=O) groups is 2. The van der Waals surface area contributed by atoms with Crippen molar-refractivity contribution in [1.29, 1.82) is 0 Å². The van der Waals surface area contributed by atoms with E-state index in [1.54, 1.807) is 42.6 Å². The van der Waals surface area contributed by atoms with Gasteiger partial charge in [-0.2, -0.15) is 0 Å². The molecule has 1 aliphatic rings. The highest BCUT2D eigenvalue weighted by molar-refractivity contribution is 6.11. The number of anilines is 1. The second-order valence-electron chi connectivity index (χ2n) is 6.82. The zero-order chi connectivity index (χ0) is 19.8. The molecule has 29 heavy (non-hydrogen) atoms. The average molecular weight is 380 g/mol. The third-order valence-electron chi connectivity index (χ3n) is 5.14. The number of nitrogens with zero attached hydrogens (tertiary/aromatic N) is 1. The van der Waals surface area contributed by atoms with Crippen LogP contribution < -0.4 is 5.32 Å². The second-order valence-corrected chi connectivity index (χ2v) is 6.82. The summed E-state index contributed by atoms with van der Waals surface area (Å²) in [7, 11) is 0. The number of amides is 1. The van der Waals surface area contributed by atoms with Gasteiger partial charge in [0.05, 0.1) is 5.56 Å². The van der Waals surface area contributed by atoms with Gasteiger partial charge in [0, 0.05) is 22.8 Å². The lowest BCUT2D eigenvalue weighted by atomic mass is 9.88. The number of carbonyl (C=O) groups excluding carboxylic acids is 2. The fraction of sp³-hybridized carbons (Fsp3) is 0.0417. The summed E-state index contributed by atoms with van der Waals surface area (Å²) in [4.78, 5) is 30.9. The third-order valence-corrected chi connectivity index (χ3v) is 5.14. The Bertz CT molecular complexity index is 1250. The van der Waals surface area contributed by atoms with E-state index in [1.165, 1.54) is 0 Å². The smallest absolute Gasteiger partial charge is 0.339 e. The van der Waals surface area contributed by atoms with Crippen LogP contribution in [0.3, 0.4) is 0 Å². The summed E-state index contributed by atoms with van der Waals surface area (Å²) in [5.41, 5.74) is 0.252. The van der Waals surface area contributed by atoms with Crippen LogP contribution in [-0.4, -0.2) is 16.9 Å². The van der Waals surface area contributed by atoms with E-state index in [0.717, 1.165) is 10.8 Å². The van der Waals surface area contributed by atoms with Gasteiger partial charge in [-0.05, 0) is 29.7 Å². The second kappa shape index (κ2) is 6.56. The fourth-order valence-corrected chi connectivity index (χ4v) is 3.79. The highest BCUT2D eigenvalue weighted by Crippen LogP contribution is 2.45. The van der Waals surface area contributed by atoms with E-state index in [9.17, 15) is 9.59 Å². The van der Waals surface area contributed by atoms with Crippen LogP contribution in [0.1, 0.15) is 21.6 Å². The van der Waals surface area contributed by atoms with Gasteiger partial charge in [-0.25, -0.2) is 4.79 Å². The number of aromatic nitrogens is 1. The summed E-state index contributed by atoms with van der Waals surface area (Å²) in [6.07, 6.45) is 1.63. The highest BCUT2D eigenvalue weighted by Gasteiger charge is 2.54. The molecule has 0 bridgehead atoms. The molecule has 0 saturated heterocycles. The van der Waals surface area contributed by atoms with Gasteiger partial charge in [0.25, 0.3) is 11.5 Å². The van der Waals surface area contributed by atoms with Crippen molar-refractivity contribution in [3.63, 3.8) is 0 Å². The number of hydrogen-bond acceptors (Lipinski definition) is 4. The van der Waals surface area contributed by atoms with E-state index in [0.29, 0.717) is 22.5 Å². The number of para-hydroxylation sites is 1. The maximum Gasteiger partial charge on any atom is 0.339 e. The zero-order valence-corrected chi connectivity index (χ0v) is 15.3. The van der Waals surface area contributed by atoms with Crippen LogP contribution in [0, 0.1) is 0 Å². The molecule has 0 spiro atoms. The molecular formula is C24H16N2O3. The molecule has 1 amide bonds. The lowest BCUT2D eigenvalue weighted by Gasteiger charge is -2.28. The van der Waals surface area contributed by atoms with Crippen molar-refractivity contribution >= 4 is 28.3 Å². The SMILES string of the molecule is O=C(O[C@]1(c2nccc3ccccc23)C(=O)Nc2ccccc21)c1ccccc1.